The minimum atomic E-state index is -3.48. The summed E-state index contributed by atoms with van der Waals surface area (Å²) < 4.78 is 31.1. The van der Waals surface area contributed by atoms with Gasteiger partial charge in [0.25, 0.3) is 0 Å². The van der Waals surface area contributed by atoms with E-state index in [0.29, 0.717) is 11.3 Å². The van der Waals surface area contributed by atoms with Gasteiger partial charge in [0.05, 0.1) is 17.9 Å². The number of hydrogen-bond acceptors (Lipinski definition) is 4. The summed E-state index contributed by atoms with van der Waals surface area (Å²) in [7, 11) is -3.48. The summed E-state index contributed by atoms with van der Waals surface area (Å²) in [5.74, 6) is 0.522. The largest absolute Gasteiger partial charge is 0.491 e. The van der Waals surface area contributed by atoms with Crippen LogP contribution in [-0.2, 0) is 15.8 Å². The molecule has 0 aliphatic rings. The van der Waals surface area contributed by atoms with Crippen molar-refractivity contribution in [1.29, 1.82) is 5.26 Å². The number of benzene rings is 1. The van der Waals surface area contributed by atoms with Gasteiger partial charge in [-0.2, -0.15) is 9.57 Å². The molecule has 0 saturated heterocycles. The third kappa shape index (κ3) is 4.83. The average molecular weight is 296 g/mol. The highest BCUT2D eigenvalue weighted by molar-refractivity contribution is 7.88. The first-order valence-electron chi connectivity index (χ1n) is 6.49. The number of sulfonamides is 1. The Morgan fingerprint density at radius 1 is 1.40 bits per heavy atom. The van der Waals surface area contributed by atoms with Crippen LogP contribution in [0, 0.1) is 11.3 Å². The standard InChI is InChI=1S/C14H20N2O3S/c1-4-16(9-8-15)20(17,18)11-13-6-5-7-14(10-13)19-12(2)3/h5-7,10,12H,4,9,11H2,1-3H3. The Bertz CT molecular complexity index is 576. The van der Waals surface area contributed by atoms with Gasteiger partial charge in [-0.25, -0.2) is 8.42 Å². The monoisotopic (exact) mass is 296 g/mol. The lowest BCUT2D eigenvalue weighted by Gasteiger charge is -2.17. The normalized spacial score (nSPS) is 11.6. The number of nitrogens with zero attached hydrogens (tertiary/aromatic N) is 2. The third-order valence-corrected chi connectivity index (χ3v) is 4.48. The molecule has 0 heterocycles. The van der Waals surface area contributed by atoms with Crippen LogP contribution in [0.25, 0.3) is 0 Å². The van der Waals surface area contributed by atoms with Crippen molar-refractivity contribution in [3.8, 4) is 11.8 Å². The molecular formula is C14H20N2O3S. The first-order chi connectivity index (χ1) is 9.39. The first kappa shape index (κ1) is 16.5. The number of hydrogen-bond donors (Lipinski definition) is 0. The molecule has 0 unspecified atom stereocenters. The molecule has 0 aliphatic carbocycles. The molecule has 1 aromatic rings. The van der Waals surface area contributed by atoms with Crippen molar-refractivity contribution in [2.24, 2.45) is 0 Å². The molecule has 1 aromatic carbocycles. The molecule has 0 amide bonds. The van der Waals surface area contributed by atoms with Gasteiger partial charge in [-0.05, 0) is 31.5 Å². The van der Waals surface area contributed by atoms with Crippen molar-refractivity contribution in [3.05, 3.63) is 29.8 Å². The lowest BCUT2D eigenvalue weighted by molar-refractivity contribution is 0.242. The number of rotatable bonds is 7. The van der Waals surface area contributed by atoms with Crippen LogP contribution in [0.3, 0.4) is 0 Å². The Kier molecular flexibility index (Phi) is 5.99. The molecule has 0 bridgehead atoms. The molecule has 0 spiro atoms. The van der Waals surface area contributed by atoms with E-state index in [1.54, 1.807) is 31.2 Å². The fraction of sp³-hybridized carbons (Fsp3) is 0.500. The predicted octanol–water partition coefficient (Wildman–Crippen LogP) is 2.15. The lowest BCUT2D eigenvalue weighted by Crippen LogP contribution is -2.32. The summed E-state index contributed by atoms with van der Waals surface area (Å²) in [5, 5.41) is 8.66. The zero-order valence-electron chi connectivity index (χ0n) is 12.0. The molecule has 0 fully saturated rings. The van der Waals surface area contributed by atoms with Gasteiger partial charge in [0.2, 0.25) is 10.0 Å². The van der Waals surface area contributed by atoms with Gasteiger partial charge in [0.15, 0.2) is 0 Å². The Hall–Kier alpha value is -1.58. The van der Waals surface area contributed by atoms with Crippen molar-refractivity contribution in [2.75, 3.05) is 13.1 Å². The van der Waals surface area contributed by atoms with E-state index in [-0.39, 0.29) is 24.9 Å². The van der Waals surface area contributed by atoms with Crippen LogP contribution in [0.5, 0.6) is 5.75 Å². The van der Waals surface area contributed by atoms with Gasteiger partial charge < -0.3 is 4.74 Å². The van der Waals surface area contributed by atoms with Gasteiger partial charge >= 0.3 is 0 Å². The zero-order valence-corrected chi connectivity index (χ0v) is 12.9. The number of nitriles is 1. The van der Waals surface area contributed by atoms with Gasteiger partial charge in [-0.1, -0.05) is 19.1 Å². The minimum Gasteiger partial charge on any atom is -0.491 e. The summed E-state index contributed by atoms with van der Waals surface area (Å²) in [6.07, 6.45) is 0.0348. The molecule has 0 aromatic heterocycles. The molecule has 0 radical (unpaired) electrons. The van der Waals surface area contributed by atoms with Gasteiger partial charge in [-0.15, -0.1) is 0 Å². The van der Waals surface area contributed by atoms with Crippen LogP contribution >= 0.6 is 0 Å². The summed E-state index contributed by atoms with van der Waals surface area (Å²) in [6, 6.07) is 8.89. The van der Waals surface area contributed by atoms with Crippen LogP contribution in [0.15, 0.2) is 24.3 Å². The van der Waals surface area contributed by atoms with E-state index >= 15 is 0 Å². The fourth-order valence-corrected chi connectivity index (χ4v) is 3.20. The maximum atomic E-state index is 12.2. The maximum absolute atomic E-state index is 12.2. The summed E-state index contributed by atoms with van der Waals surface area (Å²) >= 11 is 0. The molecule has 20 heavy (non-hydrogen) atoms. The van der Waals surface area contributed by atoms with E-state index in [1.165, 1.54) is 4.31 Å². The zero-order chi connectivity index (χ0) is 15.2. The topological polar surface area (TPSA) is 70.4 Å². The molecule has 5 nitrogen and oxygen atoms in total. The van der Waals surface area contributed by atoms with E-state index in [2.05, 4.69) is 0 Å². The van der Waals surface area contributed by atoms with Crippen molar-refractivity contribution in [3.63, 3.8) is 0 Å². The maximum Gasteiger partial charge on any atom is 0.219 e. The molecule has 0 N–H and O–H groups in total. The van der Waals surface area contributed by atoms with E-state index in [1.807, 2.05) is 19.9 Å². The van der Waals surface area contributed by atoms with Crippen LogP contribution < -0.4 is 4.74 Å². The van der Waals surface area contributed by atoms with E-state index in [9.17, 15) is 8.42 Å². The fourth-order valence-electron chi connectivity index (χ4n) is 1.77. The average Bonchev–Trinajstić information content (AvgIpc) is 2.34. The summed E-state index contributed by atoms with van der Waals surface area (Å²) in [6.45, 7) is 5.70. The highest BCUT2D eigenvalue weighted by Gasteiger charge is 2.20. The molecule has 1 rings (SSSR count). The van der Waals surface area contributed by atoms with Crippen LogP contribution in [0.2, 0.25) is 0 Å². The second-order valence-electron chi connectivity index (χ2n) is 4.65. The van der Waals surface area contributed by atoms with Crippen LogP contribution in [0.4, 0.5) is 0 Å². The van der Waals surface area contributed by atoms with Crippen molar-refractivity contribution in [2.45, 2.75) is 32.6 Å². The molecular weight excluding hydrogens is 276 g/mol. The first-order valence-corrected chi connectivity index (χ1v) is 8.10. The number of ether oxygens (including phenoxy) is 1. The van der Waals surface area contributed by atoms with Gasteiger partial charge in [-0.3, -0.25) is 0 Å². The van der Waals surface area contributed by atoms with Crippen LogP contribution in [-0.4, -0.2) is 31.9 Å². The van der Waals surface area contributed by atoms with Crippen molar-refractivity contribution >= 4 is 10.0 Å². The van der Waals surface area contributed by atoms with E-state index in [4.69, 9.17) is 10.00 Å². The quantitative estimate of drug-likeness (QED) is 0.723. The lowest BCUT2D eigenvalue weighted by atomic mass is 10.2. The second kappa shape index (κ2) is 7.27. The second-order valence-corrected chi connectivity index (χ2v) is 6.62. The van der Waals surface area contributed by atoms with E-state index in [0.717, 1.165) is 0 Å². The molecule has 0 atom stereocenters. The summed E-state index contributed by atoms with van der Waals surface area (Å²) in [5.41, 5.74) is 0.652. The Morgan fingerprint density at radius 3 is 2.65 bits per heavy atom. The molecule has 0 saturated carbocycles. The Balaban J connectivity index is 2.89. The van der Waals surface area contributed by atoms with Gasteiger partial charge in [0.1, 0.15) is 12.3 Å². The summed E-state index contributed by atoms with van der Waals surface area (Å²) in [4.78, 5) is 0. The minimum absolute atomic E-state index is 0.0348. The molecule has 0 aliphatic heterocycles. The highest BCUT2D eigenvalue weighted by atomic mass is 32.2. The van der Waals surface area contributed by atoms with Crippen molar-refractivity contribution < 1.29 is 13.2 Å². The Labute approximate surface area is 120 Å². The molecule has 6 heteroatoms. The molecule has 110 valence electrons. The third-order valence-electron chi connectivity index (χ3n) is 2.61. The van der Waals surface area contributed by atoms with Crippen molar-refractivity contribution in [1.82, 2.24) is 4.31 Å². The van der Waals surface area contributed by atoms with Gasteiger partial charge in [0, 0.05) is 6.54 Å². The van der Waals surface area contributed by atoms with E-state index < -0.39 is 10.0 Å². The Morgan fingerprint density at radius 2 is 2.10 bits per heavy atom. The smallest absolute Gasteiger partial charge is 0.219 e. The predicted molar refractivity (Wildman–Crippen MR) is 77.7 cm³/mol. The van der Waals surface area contributed by atoms with Crippen LogP contribution in [0.1, 0.15) is 26.3 Å². The highest BCUT2D eigenvalue weighted by Crippen LogP contribution is 2.18. The SMILES string of the molecule is CCN(CC#N)S(=O)(=O)Cc1cccc(OC(C)C)c1.